The molecule has 0 spiro atoms. The maximum Gasteiger partial charge on any atom is 0.120 e. The highest BCUT2D eigenvalue weighted by Gasteiger charge is 2.29. The molecular weight excluding hydrogens is 372 g/mol. The number of ether oxygens (including phenoxy) is 1. The van der Waals surface area contributed by atoms with Crippen LogP contribution in [0.15, 0.2) is 54.6 Å². The van der Waals surface area contributed by atoms with Crippen molar-refractivity contribution in [3.05, 3.63) is 65.7 Å². The SMILES string of the molecule is CCN1CCNCC1.OC1(Cc2cccc(OCc3ccccc3)c2)CCCCC1. The zero-order chi connectivity index (χ0) is 21.1. The second-order valence-corrected chi connectivity index (χ2v) is 8.57. The van der Waals surface area contributed by atoms with E-state index in [0.717, 1.165) is 43.4 Å². The number of nitrogens with one attached hydrogen (secondary N) is 1. The summed E-state index contributed by atoms with van der Waals surface area (Å²) in [5, 5.41) is 14.0. The summed E-state index contributed by atoms with van der Waals surface area (Å²) in [5.74, 6) is 0.876. The van der Waals surface area contributed by atoms with E-state index >= 15 is 0 Å². The predicted octanol–water partition coefficient (Wildman–Crippen LogP) is 4.41. The molecule has 2 aromatic carbocycles. The summed E-state index contributed by atoms with van der Waals surface area (Å²) in [5.41, 5.74) is 1.81. The van der Waals surface area contributed by atoms with Crippen LogP contribution in [0.1, 0.15) is 50.2 Å². The molecule has 2 fully saturated rings. The second kappa shape index (κ2) is 12.1. The zero-order valence-corrected chi connectivity index (χ0v) is 18.5. The number of hydrogen-bond donors (Lipinski definition) is 2. The molecule has 1 aliphatic heterocycles. The fourth-order valence-corrected chi connectivity index (χ4v) is 4.28. The molecule has 0 atom stereocenters. The Balaban J connectivity index is 0.000000269. The van der Waals surface area contributed by atoms with E-state index in [-0.39, 0.29) is 0 Å². The van der Waals surface area contributed by atoms with Crippen LogP contribution in [0.3, 0.4) is 0 Å². The molecule has 1 aliphatic carbocycles. The van der Waals surface area contributed by atoms with Gasteiger partial charge >= 0.3 is 0 Å². The number of rotatable bonds is 6. The van der Waals surface area contributed by atoms with E-state index in [9.17, 15) is 5.11 Å². The molecule has 1 heterocycles. The van der Waals surface area contributed by atoms with Crippen LogP contribution in [0.25, 0.3) is 0 Å². The van der Waals surface area contributed by atoms with Crippen molar-refractivity contribution in [1.29, 1.82) is 0 Å². The predicted molar refractivity (Wildman–Crippen MR) is 124 cm³/mol. The third kappa shape index (κ3) is 7.75. The minimum Gasteiger partial charge on any atom is -0.489 e. The van der Waals surface area contributed by atoms with Crippen molar-refractivity contribution in [3.8, 4) is 5.75 Å². The van der Waals surface area contributed by atoms with Crippen LogP contribution in [0.2, 0.25) is 0 Å². The fourth-order valence-electron chi connectivity index (χ4n) is 4.28. The Morgan fingerprint density at radius 2 is 1.63 bits per heavy atom. The highest BCUT2D eigenvalue weighted by atomic mass is 16.5. The molecule has 4 heteroatoms. The van der Waals surface area contributed by atoms with Gasteiger partial charge in [-0.25, -0.2) is 0 Å². The summed E-state index contributed by atoms with van der Waals surface area (Å²) in [6.07, 6.45) is 6.10. The van der Waals surface area contributed by atoms with Crippen molar-refractivity contribution in [2.24, 2.45) is 0 Å². The minimum absolute atomic E-state index is 0.518. The molecule has 0 radical (unpaired) electrons. The second-order valence-electron chi connectivity index (χ2n) is 8.57. The highest BCUT2D eigenvalue weighted by molar-refractivity contribution is 5.30. The van der Waals surface area contributed by atoms with Crippen molar-refractivity contribution in [2.45, 2.75) is 57.7 Å². The molecule has 2 aromatic rings. The van der Waals surface area contributed by atoms with Gasteiger partial charge in [-0.1, -0.05) is 68.7 Å². The van der Waals surface area contributed by atoms with Crippen molar-refractivity contribution in [1.82, 2.24) is 10.2 Å². The molecule has 0 amide bonds. The third-order valence-electron chi connectivity index (χ3n) is 6.12. The minimum atomic E-state index is -0.518. The van der Waals surface area contributed by atoms with Gasteiger partial charge in [0.1, 0.15) is 12.4 Å². The summed E-state index contributed by atoms with van der Waals surface area (Å²) in [7, 11) is 0. The highest BCUT2D eigenvalue weighted by Crippen LogP contribution is 2.31. The van der Waals surface area contributed by atoms with Gasteiger partial charge in [-0.2, -0.15) is 0 Å². The van der Waals surface area contributed by atoms with E-state index in [0.29, 0.717) is 6.61 Å². The van der Waals surface area contributed by atoms with Crippen molar-refractivity contribution >= 4 is 0 Å². The van der Waals surface area contributed by atoms with Gasteiger partial charge in [0.25, 0.3) is 0 Å². The van der Waals surface area contributed by atoms with Gasteiger partial charge in [0.2, 0.25) is 0 Å². The molecule has 2 N–H and O–H groups in total. The number of piperazine rings is 1. The maximum absolute atomic E-state index is 10.7. The number of likely N-dealkylation sites (N-methyl/N-ethyl adjacent to an activating group) is 1. The van der Waals surface area contributed by atoms with Gasteiger partial charge in [0.15, 0.2) is 0 Å². The molecule has 30 heavy (non-hydrogen) atoms. The van der Waals surface area contributed by atoms with Gasteiger partial charge in [-0.15, -0.1) is 0 Å². The summed E-state index contributed by atoms with van der Waals surface area (Å²) in [6.45, 7) is 8.82. The molecule has 2 aliphatic rings. The van der Waals surface area contributed by atoms with Crippen molar-refractivity contribution < 1.29 is 9.84 Å². The molecule has 1 saturated heterocycles. The first kappa shape index (κ1) is 22.8. The lowest BCUT2D eigenvalue weighted by molar-refractivity contribution is 0.00445. The topological polar surface area (TPSA) is 44.7 Å². The maximum atomic E-state index is 10.7. The van der Waals surface area contributed by atoms with Crippen LogP contribution < -0.4 is 10.1 Å². The van der Waals surface area contributed by atoms with Gasteiger partial charge < -0.3 is 20.1 Å². The van der Waals surface area contributed by atoms with Crippen LogP contribution in [0.5, 0.6) is 5.75 Å². The Morgan fingerprint density at radius 3 is 2.30 bits per heavy atom. The van der Waals surface area contributed by atoms with Gasteiger partial charge in [-0.3, -0.25) is 0 Å². The van der Waals surface area contributed by atoms with E-state index in [2.05, 4.69) is 41.4 Å². The average molecular weight is 411 g/mol. The Hall–Kier alpha value is -1.88. The Labute approximate surface area is 182 Å². The van der Waals surface area contributed by atoms with Crippen molar-refractivity contribution in [2.75, 3.05) is 32.7 Å². The summed E-state index contributed by atoms with van der Waals surface area (Å²) >= 11 is 0. The molecule has 164 valence electrons. The lowest BCUT2D eigenvalue weighted by Crippen LogP contribution is -2.43. The van der Waals surface area contributed by atoms with Gasteiger partial charge in [0, 0.05) is 32.6 Å². The Morgan fingerprint density at radius 1 is 0.933 bits per heavy atom. The van der Waals surface area contributed by atoms with Crippen molar-refractivity contribution in [3.63, 3.8) is 0 Å². The standard InChI is InChI=1S/C20H24O2.C6H14N2/c21-20(12-5-2-6-13-20)15-18-10-7-11-19(14-18)22-16-17-8-3-1-4-9-17;1-2-8-5-3-7-4-6-8/h1,3-4,7-11,14,21H,2,5-6,12-13,15-16H2;7H,2-6H2,1H3. The first-order chi connectivity index (χ1) is 14.7. The summed E-state index contributed by atoms with van der Waals surface area (Å²) in [4.78, 5) is 2.45. The zero-order valence-electron chi connectivity index (χ0n) is 18.5. The van der Waals surface area contributed by atoms with E-state index in [1.54, 1.807) is 0 Å². The molecular formula is C26H38N2O2. The monoisotopic (exact) mass is 410 g/mol. The Kier molecular flexibility index (Phi) is 9.19. The van der Waals surface area contributed by atoms with Crippen LogP contribution in [-0.4, -0.2) is 48.3 Å². The molecule has 1 saturated carbocycles. The van der Waals surface area contributed by atoms with E-state index in [4.69, 9.17) is 4.74 Å². The van der Waals surface area contributed by atoms with Crippen LogP contribution in [0.4, 0.5) is 0 Å². The Bertz CT molecular complexity index is 723. The third-order valence-corrected chi connectivity index (χ3v) is 6.12. The fraction of sp³-hybridized carbons (Fsp3) is 0.538. The average Bonchev–Trinajstić information content (AvgIpc) is 2.80. The largest absolute Gasteiger partial charge is 0.489 e. The van der Waals surface area contributed by atoms with E-state index < -0.39 is 5.60 Å². The summed E-state index contributed by atoms with van der Waals surface area (Å²) in [6, 6.07) is 18.3. The molecule has 0 unspecified atom stereocenters. The van der Waals surface area contributed by atoms with Crippen LogP contribution in [-0.2, 0) is 13.0 Å². The normalized spacial score (nSPS) is 18.9. The first-order valence-corrected chi connectivity index (χ1v) is 11.6. The molecule has 4 nitrogen and oxygen atoms in total. The van der Waals surface area contributed by atoms with E-state index in [1.807, 2.05) is 30.3 Å². The number of hydrogen-bond acceptors (Lipinski definition) is 4. The summed E-state index contributed by atoms with van der Waals surface area (Å²) < 4.78 is 5.87. The van der Waals surface area contributed by atoms with Gasteiger partial charge in [-0.05, 0) is 42.6 Å². The smallest absolute Gasteiger partial charge is 0.120 e. The first-order valence-electron chi connectivity index (χ1n) is 11.6. The molecule has 4 rings (SSSR count). The van der Waals surface area contributed by atoms with Crippen LogP contribution >= 0.6 is 0 Å². The molecule has 0 bridgehead atoms. The van der Waals surface area contributed by atoms with E-state index in [1.165, 1.54) is 44.7 Å². The number of benzene rings is 2. The number of aliphatic hydroxyl groups is 1. The van der Waals surface area contributed by atoms with Crippen LogP contribution in [0, 0.1) is 0 Å². The molecule has 0 aromatic heterocycles. The quantitative estimate of drug-likeness (QED) is 0.740. The number of nitrogens with zero attached hydrogens (tertiary/aromatic N) is 1. The lowest BCUT2D eigenvalue weighted by Gasteiger charge is -2.32. The van der Waals surface area contributed by atoms with Gasteiger partial charge in [0.05, 0.1) is 5.60 Å². The lowest BCUT2D eigenvalue weighted by atomic mass is 9.80.